The summed E-state index contributed by atoms with van der Waals surface area (Å²) in [4.78, 5) is 17.6. The average molecular weight is 430 g/mol. The van der Waals surface area contributed by atoms with E-state index in [1.165, 1.54) is 6.07 Å². The van der Waals surface area contributed by atoms with Crippen LogP contribution in [0.1, 0.15) is 44.2 Å². The van der Waals surface area contributed by atoms with Crippen LogP contribution >= 0.6 is 0 Å². The molecule has 2 aromatic carbocycles. The number of carbonyl (C=O) groups is 1. The van der Waals surface area contributed by atoms with Gasteiger partial charge in [-0.1, -0.05) is 44.0 Å². The minimum Gasteiger partial charge on any atom is -0.494 e. The van der Waals surface area contributed by atoms with E-state index in [1.54, 1.807) is 18.2 Å². The fourth-order valence-corrected chi connectivity index (χ4v) is 4.50. The quantitative estimate of drug-likeness (QED) is 0.640. The van der Waals surface area contributed by atoms with Gasteiger partial charge in [0.1, 0.15) is 17.6 Å². The number of carbonyl (C=O) groups excluding carboxylic acids is 1. The summed E-state index contributed by atoms with van der Waals surface area (Å²) >= 11 is 0. The molecule has 30 heavy (non-hydrogen) atoms. The minimum absolute atomic E-state index is 0.186. The highest BCUT2D eigenvalue weighted by Gasteiger charge is 2.31. The second kappa shape index (κ2) is 9.75. The summed E-state index contributed by atoms with van der Waals surface area (Å²) in [5.74, 6) is 0.741. The molecule has 3 rings (SSSR count). The molecular weight excluding hydrogens is 402 g/mol. The van der Waals surface area contributed by atoms with Gasteiger partial charge in [-0.3, -0.25) is 14.5 Å². The lowest BCUT2D eigenvalue weighted by atomic mass is 10.1. The third-order valence-corrected chi connectivity index (χ3v) is 6.15. The number of amidine groups is 1. The Morgan fingerprint density at radius 1 is 1.17 bits per heavy atom. The van der Waals surface area contributed by atoms with Crippen LogP contribution in [0.25, 0.3) is 0 Å². The zero-order valence-electron chi connectivity index (χ0n) is 17.2. The van der Waals surface area contributed by atoms with Crippen LogP contribution in [0.2, 0.25) is 0 Å². The third-order valence-electron chi connectivity index (χ3n) is 4.76. The van der Waals surface area contributed by atoms with Crippen LogP contribution in [-0.4, -0.2) is 32.8 Å². The van der Waals surface area contributed by atoms with E-state index >= 15 is 0 Å². The van der Waals surface area contributed by atoms with Gasteiger partial charge in [-0.2, -0.15) is 0 Å². The number of nitrogens with zero attached hydrogens (tertiary/aromatic N) is 1. The van der Waals surface area contributed by atoms with Crippen LogP contribution in [0.3, 0.4) is 0 Å². The van der Waals surface area contributed by atoms with Crippen LogP contribution < -0.4 is 14.8 Å². The predicted molar refractivity (Wildman–Crippen MR) is 116 cm³/mol. The Bertz CT molecular complexity index is 1030. The second-order valence-electron chi connectivity index (χ2n) is 7.04. The number of benzene rings is 2. The first-order chi connectivity index (χ1) is 14.4. The Morgan fingerprint density at radius 3 is 2.73 bits per heavy atom. The number of hydrogen-bond donors (Lipinski definition) is 2. The molecule has 0 saturated heterocycles. The smallest absolute Gasteiger partial charge is 0.263 e. The van der Waals surface area contributed by atoms with Crippen molar-refractivity contribution in [3.8, 4) is 5.75 Å². The van der Waals surface area contributed by atoms with Gasteiger partial charge in [0.25, 0.3) is 10.0 Å². The third kappa shape index (κ3) is 5.18. The molecule has 1 amide bonds. The molecular formula is C22H27N3O4S. The summed E-state index contributed by atoms with van der Waals surface area (Å²) in [5.41, 5.74) is 1.42. The van der Waals surface area contributed by atoms with Gasteiger partial charge in [0.2, 0.25) is 5.91 Å². The van der Waals surface area contributed by atoms with Crippen molar-refractivity contribution in [1.29, 1.82) is 0 Å². The first-order valence-electron chi connectivity index (χ1n) is 10.1. The highest BCUT2D eigenvalue weighted by molar-refractivity contribution is 7.90. The number of fused-ring (bicyclic) bond motifs is 1. The molecule has 0 radical (unpaired) electrons. The number of rotatable bonds is 9. The molecule has 1 unspecified atom stereocenters. The van der Waals surface area contributed by atoms with Gasteiger partial charge in [-0.25, -0.2) is 8.42 Å². The number of aliphatic imine (C=N–C) groups is 1. The largest absolute Gasteiger partial charge is 0.494 e. The topological polar surface area (TPSA) is 96.9 Å². The summed E-state index contributed by atoms with van der Waals surface area (Å²) in [6.45, 7) is 4.87. The maximum atomic E-state index is 12.9. The number of hydrogen-bond acceptors (Lipinski definition) is 5. The van der Waals surface area contributed by atoms with E-state index in [0.717, 1.165) is 24.2 Å². The van der Waals surface area contributed by atoms with E-state index in [2.05, 4.69) is 15.0 Å². The Morgan fingerprint density at radius 2 is 1.97 bits per heavy atom. The van der Waals surface area contributed by atoms with E-state index in [0.29, 0.717) is 25.1 Å². The molecule has 1 atom stereocenters. The number of ether oxygens (including phenoxy) is 1. The summed E-state index contributed by atoms with van der Waals surface area (Å²) < 4.78 is 32.6. The van der Waals surface area contributed by atoms with Gasteiger partial charge in [0, 0.05) is 12.1 Å². The van der Waals surface area contributed by atoms with Crippen LogP contribution in [0.5, 0.6) is 5.75 Å². The van der Waals surface area contributed by atoms with Crippen molar-refractivity contribution in [3.63, 3.8) is 0 Å². The lowest BCUT2D eigenvalue weighted by Crippen LogP contribution is -2.35. The van der Waals surface area contributed by atoms with Crippen molar-refractivity contribution >= 4 is 21.8 Å². The molecule has 1 aliphatic rings. The first kappa shape index (κ1) is 21.8. The molecule has 1 heterocycles. The van der Waals surface area contributed by atoms with Crippen LogP contribution in [0, 0.1) is 0 Å². The number of amides is 1. The molecule has 0 bridgehead atoms. The van der Waals surface area contributed by atoms with Crippen molar-refractivity contribution in [2.24, 2.45) is 4.99 Å². The lowest BCUT2D eigenvalue weighted by Gasteiger charge is -2.14. The van der Waals surface area contributed by atoms with Gasteiger partial charge in [-0.05, 0) is 43.2 Å². The molecule has 0 saturated carbocycles. The number of sulfonamides is 1. The van der Waals surface area contributed by atoms with E-state index in [4.69, 9.17) is 4.74 Å². The van der Waals surface area contributed by atoms with Gasteiger partial charge in [0.15, 0.2) is 0 Å². The Kier molecular flexibility index (Phi) is 7.10. The van der Waals surface area contributed by atoms with Crippen molar-refractivity contribution in [1.82, 2.24) is 10.0 Å². The van der Waals surface area contributed by atoms with Crippen molar-refractivity contribution in [2.75, 3.05) is 6.61 Å². The Balaban J connectivity index is 1.77. The van der Waals surface area contributed by atoms with Crippen molar-refractivity contribution in [2.45, 2.75) is 50.6 Å². The maximum Gasteiger partial charge on any atom is 0.263 e. The molecule has 1 aliphatic heterocycles. The minimum atomic E-state index is -3.64. The number of nitrogens with one attached hydrogen (secondary N) is 2. The van der Waals surface area contributed by atoms with Gasteiger partial charge < -0.3 is 10.1 Å². The molecule has 2 N–H and O–H groups in total. The normalized spacial score (nSPS) is 16.5. The standard InChI is InChI=1S/C22H27N3O4S/c1-3-5-12-19(22(26)23-15-16-9-8-10-17(14-16)29-4-2)24-21-18-11-6-7-13-20(18)30(27,28)25-21/h6-11,13-14,19H,3-5,12,15H2,1-2H3,(H,23,26)(H,24,25). The van der Waals surface area contributed by atoms with Crippen molar-refractivity contribution < 1.29 is 17.9 Å². The fraction of sp³-hybridized carbons (Fsp3) is 0.364. The molecule has 0 aliphatic carbocycles. The van der Waals surface area contributed by atoms with E-state index in [-0.39, 0.29) is 16.6 Å². The SMILES string of the molecule is CCCCC(N=C1NS(=O)(=O)c2ccccc21)C(=O)NCc1cccc(OCC)c1. The van der Waals surface area contributed by atoms with E-state index in [1.807, 2.05) is 38.1 Å². The van der Waals surface area contributed by atoms with Gasteiger partial charge in [-0.15, -0.1) is 0 Å². The van der Waals surface area contributed by atoms with Crippen LogP contribution in [0.15, 0.2) is 58.4 Å². The summed E-state index contributed by atoms with van der Waals surface area (Å²) in [6.07, 6.45) is 2.26. The van der Waals surface area contributed by atoms with Crippen LogP contribution in [0.4, 0.5) is 0 Å². The first-order valence-corrected chi connectivity index (χ1v) is 11.6. The van der Waals surface area contributed by atoms with Crippen molar-refractivity contribution in [3.05, 3.63) is 59.7 Å². The summed E-state index contributed by atoms with van der Waals surface area (Å²) in [7, 11) is -3.64. The Hall–Kier alpha value is -2.87. The fourth-order valence-electron chi connectivity index (χ4n) is 3.26. The summed E-state index contributed by atoms with van der Waals surface area (Å²) in [6, 6.07) is 13.5. The predicted octanol–water partition coefficient (Wildman–Crippen LogP) is 3.00. The molecule has 7 nitrogen and oxygen atoms in total. The molecule has 0 spiro atoms. The summed E-state index contributed by atoms with van der Waals surface area (Å²) in [5, 5.41) is 2.92. The van der Waals surface area contributed by atoms with Crippen LogP contribution in [-0.2, 0) is 21.4 Å². The molecule has 160 valence electrons. The Labute approximate surface area is 177 Å². The maximum absolute atomic E-state index is 12.9. The van der Waals surface area contributed by atoms with E-state index in [9.17, 15) is 13.2 Å². The van der Waals surface area contributed by atoms with Gasteiger partial charge >= 0.3 is 0 Å². The molecule has 0 fully saturated rings. The molecule has 2 aromatic rings. The molecule has 0 aromatic heterocycles. The average Bonchev–Trinajstić information content (AvgIpc) is 3.00. The second-order valence-corrected chi connectivity index (χ2v) is 8.69. The number of unbranched alkanes of at least 4 members (excludes halogenated alkanes) is 1. The monoisotopic (exact) mass is 429 g/mol. The highest BCUT2D eigenvalue weighted by Crippen LogP contribution is 2.23. The zero-order valence-corrected chi connectivity index (χ0v) is 18.0. The van der Waals surface area contributed by atoms with E-state index < -0.39 is 16.1 Å². The van der Waals surface area contributed by atoms with Gasteiger partial charge in [0.05, 0.1) is 11.5 Å². The zero-order chi connectivity index (χ0) is 21.6. The molecule has 8 heteroatoms. The lowest BCUT2D eigenvalue weighted by molar-refractivity contribution is -0.122. The highest BCUT2D eigenvalue weighted by atomic mass is 32.2.